The predicted molar refractivity (Wildman–Crippen MR) is 44.0 cm³/mol. The molecule has 8 heteroatoms. The molecule has 0 fully saturated rings. The molecule has 0 aromatic heterocycles. The topological polar surface area (TPSA) is 69.6 Å². The van der Waals surface area contributed by atoms with Gasteiger partial charge in [-0.05, 0) is 0 Å². The summed E-state index contributed by atoms with van der Waals surface area (Å²) in [5.74, 6) is -1.79. The zero-order valence-corrected chi connectivity index (χ0v) is 7.92. The SMILES string of the molecule is CN(C)C(=O)N/C(=C\C(=O)O)C(F)(F)F. The number of aliphatic carboxylic acids is 1. The molecule has 0 radical (unpaired) electrons. The van der Waals surface area contributed by atoms with E-state index in [1.165, 1.54) is 19.4 Å². The van der Waals surface area contributed by atoms with E-state index in [1.807, 2.05) is 0 Å². The van der Waals surface area contributed by atoms with Crippen LogP contribution in [0.2, 0.25) is 0 Å². The largest absolute Gasteiger partial charge is 0.478 e. The maximum Gasteiger partial charge on any atom is 0.431 e. The summed E-state index contributed by atoms with van der Waals surface area (Å²) in [6, 6.07) is -1.06. The van der Waals surface area contributed by atoms with Crippen LogP contribution in [0, 0.1) is 0 Å². The smallest absolute Gasteiger partial charge is 0.431 e. The summed E-state index contributed by atoms with van der Waals surface area (Å²) in [6.45, 7) is 0. The van der Waals surface area contributed by atoms with E-state index in [2.05, 4.69) is 0 Å². The van der Waals surface area contributed by atoms with Crippen LogP contribution in [-0.4, -0.2) is 42.3 Å². The first kappa shape index (κ1) is 13.3. The molecule has 15 heavy (non-hydrogen) atoms. The number of carboxylic acid groups (broad SMARTS) is 1. The van der Waals surface area contributed by atoms with Gasteiger partial charge in [-0.1, -0.05) is 0 Å². The molecule has 0 rings (SSSR count). The van der Waals surface area contributed by atoms with Crippen LogP contribution in [0.1, 0.15) is 0 Å². The maximum atomic E-state index is 12.1. The fourth-order valence-electron chi connectivity index (χ4n) is 0.539. The second-order valence-electron chi connectivity index (χ2n) is 2.72. The molecular weight excluding hydrogens is 217 g/mol. The third kappa shape index (κ3) is 4.89. The fraction of sp³-hybridized carbons (Fsp3) is 0.429. The lowest BCUT2D eigenvalue weighted by Gasteiger charge is -2.16. The lowest BCUT2D eigenvalue weighted by Crippen LogP contribution is -2.38. The van der Waals surface area contributed by atoms with Gasteiger partial charge in [-0.15, -0.1) is 0 Å². The first-order valence-electron chi connectivity index (χ1n) is 3.64. The zero-order valence-electron chi connectivity index (χ0n) is 7.92. The van der Waals surface area contributed by atoms with E-state index in [-0.39, 0.29) is 6.08 Å². The van der Waals surface area contributed by atoms with Crippen molar-refractivity contribution in [3.63, 3.8) is 0 Å². The van der Waals surface area contributed by atoms with E-state index in [1.54, 1.807) is 0 Å². The third-order valence-electron chi connectivity index (χ3n) is 1.22. The summed E-state index contributed by atoms with van der Waals surface area (Å²) in [6.07, 6.45) is -5.02. The van der Waals surface area contributed by atoms with Crippen molar-refractivity contribution >= 4 is 12.0 Å². The molecule has 0 aromatic rings. The maximum absolute atomic E-state index is 12.1. The van der Waals surface area contributed by atoms with Crippen molar-refractivity contribution in [1.29, 1.82) is 0 Å². The molecular formula is C7H9F3N2O3. The number of allylic oxidation sites excluding steroid dienone is 1. The predicted octanol–water partition coefficient (Wildman–Crippen LogP) is 0.788. The van der Waals surface area contributed by atoms with Crippen LogP contribution in [0.3, 0.4) is 0 Å². The number of nitrogens with one attached hydrogen (secondary N) is 1. The molecule has 0 aliphatic heterocycles. The number of alkyl halides is 3. The number of hydrogen-bond donors (Lipinski definition) is 2. The van der Waals surface area contributed by atoms with Crippen LogP contribution in [0.15, 0.2) is 11.8 Å². The molecule has 0 saturated carbocycles. The highest BCUT2D eigenvalue weighted by atomic mass is 19.4. The molecule has 0 unspecified atom stereocenters. The van der Waals surface area contributed by atoms with Gasteiger partial charge in [0.2, 0.25) is 0 Å². The molecule has 2 N–H and O–H groups in total. The molecule has 0 saturated heterocycles. The Hall–Kier alpha value is -1.73. The van der Waals surface area contributed by atoms with E-state index in [0.717, 1.165) is 4.90 Å². The Labute approximate surface area is 83.2 Å². The fourth-order valence-corrected chi connectivity index (χ4v) is 0.539. The third-order valence-corrected chi connectivity index (χ3v) is 1.22. The Morgan fingerprint density at radius 3 is 2.07 bits per heavy atom. The van der Waals surface area contributed by atoms with Crippen molar-refractivity contribution < 1.29 is 27.9 Å². The van der Waals surface area contributed by atoms with Crippen LogP contribution in [0.4, 0.5) is 18.0 Å². The highest BCUT2D eigenvalue weighted by Crippen LogP contribution is 2.23. The molecule has 0 aromatic carbocycles. The summed E-state index contributed by atoms with van der Waals surface area (Å²) < 4.78 is 36.4. The number of rotatable bonds is 2. The molecule has 0 aliphatic carbocycles. The van der Waals surface area contributed by atoms with E-state index in [9.17, 15) is 22.8 Å². The van der Waals surface area contributed by atoms with E-state index < -0.39 is 23.9 Å². The van der Waals surface area contributed by atoms with Gasteiger partial charge in [-0.3, -0.25) is 0 Å². The lowest BCUT2D eigenvalue weighted by molar-refractivity contribution is -0.132. The van der Waals surface area contributed by atoms with Crippen LogP contribution >= 0.6 is 0 Å². The van der Waals surface area contributed by atoms with Crippen molar-refractivity contribution in [1.82, 2.24) is 10.2 Å². The van der Waals surface area contributed by atoms with Crippen molar-refractivity contribution in [2.45, 2.75) is 6.18 Å². The summed E-state index contributed by atoms with van der Waals surface area (Å²) in [7, 11) is 2.45. The zero-order chi connectivity index (χ0) is 12.2. The molecule has 0 aliphatic rings. The first-order valence-corrected chi connectivity index (χ1v) is 3.64. The van der Waals surface area contributed by atoms with Gasteiger partial charge < -0.3 is 15.3 Å². The molecule has 0 heterocycles. The Bertz CT molecular complexity index is 296. The van der Waals surface area contributed by atoms with Gasteiger partial charge in [0, 0.05) is 14.1 Å². The summed E-state index contributed by atoms with van der Waals surface area (Å²) in [4.78, 5) is 21.8. The number of amides is 2. The first-order chi connectivity index (χ1) is 6.64. The average molecular weight is 226 g/mol. The number of urea groups is 1. The monoisotopic (exact) mass is 226 g/mol. The highest BCUT2D eigenvalue weighted by molar-refractivity contribution is 5.83. The van der Waals surface area contributed by atoms with Gasteiger partial charge >= 0.3 is 18.2 Å². The number of hydrogen-bond acceptors (Lipinski definition) is 2. The number of nitrogens with zero attached hydrogens (tertiary/aromatic N) is 1. The minimum Gasteiger partial charge on any atom is -0.478 e. The van der Waals surface area contributed by atoms with Gasteiger partial charge in [0.25, 0.3) is 0 Å². The number of carbonyl (C=O) groups excluding carboxylic acids is 1. The van der Waals surface area contributed by atoms with Crippen LogP contribution in [0.25, 0.3) is 0 Å². The molecule has 0 bridgehead atoms. The standard InChI is InChI=1S/C7H9F3N2O3/c1-12(2)6(15)11-4(3-5(13)14)7(8,9)10/h3H,1-2H3,(H,11,15)(H,13,14)/b4-3-. The summed E-state index contributed by atoms with van der Waals surface area (Å²) in [5, 5.41) is 9.59. The van der Waals surface area contributed by atoms with Crippen molar-refractivity contribution in [3.8, 4) is 0 Å². The van der Waals surface area contributed by atoms with Crippen LogP contribution in [-0.2, 0) is 4.79 Å². The Morgan fingerprint density at radius 1 is 1.33 bits per heavy atom. The van der Waals surface area contributed by atoms with Crippen molar-refractivity contribution in [3.05, 3.63) is 11.8 Å². The molecule has 0 atom stereocenters. The van der Waals surface area contributed by atoms with Gasteiger partial charge in [-0.25, -0.2) is 9.59 Å². The minimum absolute atomic E-state index is 0.110. The highest BCUT2D eigenvalue weighted by Gasteiger charge is 2.36. The molecule has 86 valence electrons. The molecule has 0 spiro atoms. The number of carbonyl (C=O) groups is 2. The Kier molecular flexibility index (Phi) is 4.13. The second-order valence-corrected chi connectivity index (χ2v) is 2.72. The van der Waals surface area contributed by atoms with E-state index in [4.69, 9.17) is 5.11 Å². The van der Waals surface area contributed by atoms with E-state index >= 15 is 0 Å². The normalized spacial score (nSPS) is 12.2. The van der Waals surface area contributed by atoms with Gasteiger partial charge in [-0.2, -0.15) is 13.2 Å². The molecule has 5 nitrogen and oxygen atoms in total. The Morgan fingerprint density at radius 2 is 1.80 bits per heavy atom. The summed E-state index contributed by atoms with van der Waals surface area (Å²) in [5.41, 5.74) is -1.62. The van der Waals surface area contributed by atoms with E-state index in [0.29, 0.717) is 0 Å². The van der Waals surface area contributed by atoms with Crippen LogP contribution in [0.5, 0.6) is 0 Å². The summed E-state index contributed by atoms with van der Waals surface area (Å²) >= 11 is 0. The lowest BCUT2D eigenvalue weighted by atomic mass is 10.4. The van der Waals surface area contributed by atoms with Gasteiger partial charge in [0.1, 0.15) is 5.70 Å². The average Bonchev–Trinajstić information content (AvgIpc) is 2.00. The number of halogens is 3. The number of carboxylic acids is 1. The molecule has 2 amide bonds. The van der Waals surface area contributed by atoms with Gasteiger partial charge in [0.15, 0.2) is 0 Å². The quantitative estimate of drug-likeness (QED) is 0.684. The van der Waals surface area contributed by atoms with Crippen LogP contribution < -0.4 is 5.32 Å². The Balaban J connectivity index is 4.84. The van der Waals surface area contributed by atoms with Crippen molar-refractivity contribution in [2.24, 2.45) is 0 Å². The van der Waals surface area contributed by atoms with Crippen molar-refractivity contribution in [2.75, 3.05) is 14.1 Å². The minimum atomic E-state index is -4.91. The second kappa shape index (κ2) is 4.67. The van der Waals surface area contributed by atoms with Gasteiger partial charge in [0.05, 0.1) is 6.08 Å².